The molecule has 0 atom stereocenters. The summed E-state index contributed by atoms with van der Waals surface area (Å²) in [6.07, 6.45) is 11.8. The third-order valence-corrected chi connectivity index (χ3v) is 7.04. The number of benzene rings is 2. The van der Waals surface area contributed by atoms with E-state index < -0.39 is 23.3 Å². The van der Waals surface area contributed by atoms with Crippen LogP contribution in [0, 0.1) is 35.1 Å². The van der Waals surface area contributed by atoms with E-state index >= 15 is 4.39 Å². The zero-order chi connectivity index (χ0) is 21.3. The molecule has 0 saturated heterocycles. The highest BCUT2D eigenvalue weighted by Gasteiger charge is 2.24. The number of hydrogen-bond acceptors (Lipinski definition) is 0. The summed E-state index contributed by atoms with van der Waals surface area (Å²) in [5, 5.41) is 0. The van der Waals surface area contributed by atoms with Gasteiger partial charge in [0.2, 0.25) is 0 Å². The molecule has 0 amide bonds. The van der Waals surface area contributed by atoms with E-state index in [1.807, 2.05) is 6.08 Å². The first-order valence-electron chi connectivity index (χ1n) is 11.1. The molecule has 0 radical (unpaired) electrons. The Hall–Kier alpha value is -2.10. The molecule has 4 heteroatoms. The van der Waals surface area contributed by atoms with Crippen molar-refractivity contribution < 1.29 is 17.6 Å². The van der Waals surface area contributed by atoms with Crippen molar-refractivity contribution in [3.8, 4) is 11.1 Å². The molecule has 1 saturated carbocycles. The molecule has 160 valence electrons. The SMILES string of the molecule is CCC1CCC(CCC2=Cc3cc(F)c(-c4ccc(F)c(F)c4)c(F)c3CC2)CC1. The molecule has 30 heavy (non-hydrogen) atoms. The van der Waals surface area contributed by atoms with Crippen LogP contribution in [-0.4, -0.2) is 0 Å². The quantitative estimate of drug-likeness (QED) is 0.431. The van der Waals surface area contributed by atoms with Crippen molar-refractivity contribution in [1.82, 2.24) is 0 Å². The maximum atomic E-state index is 15.1. The van der Waals surface area contributed by atoms with Gasteiger partial charge in [0.1, 0.15) is 11.6 Å². The summed E-state index contributed by atoms with van der Waals surface area (Å²) in [7, 11) is 0. The van der Waals surface area contributed by atoms with Gasteiger partial charge in [0.25, 0.3) is 0 Å². The second kappa shape index (κ2) is 8.95. The summed E-state index contributed by atoms with van der Waals surface area (Å²) in [4.78, 5) is 0. The molecule has 0 spiro atoms. The lowest BCUT2D eigenvalue weighted by Crippen LogP contribution is -2.14. The molecular formula is C26H28F4. The normalized spacial score (nSPS) is 21.3. The van der Waals surface area contributed by atoms with Crippen LogP contribution in [0.5, 0.6) is 0 Å². The highest BCUT2D eigenvalue weighted by atomic mass is 19.2. The fraction of sp³-hybridized carbons (Fsp3) is 0.462. The third kappa shape index (κ3) is 4.33. The number of hydrogen-bond donors (Lipinski definition) is 0. The first-order valence-corrected chi connectivity index (χ1v) is 11.1. The van der Waals surface area contributed by atoms with Crippen LogP contribution in [-0.2, 0) is 6.42 Å². The van der Waals surface area contributed by atoms with Gasteiger partial charge in [-0.2, -0.15) is 0 Å². The van der Waals surface area contributed by atoms with Crippen LogP contribution < -0.4 is 0 Å². The minimum absolute atomic E-state index is 0.0177. The average molecular weight is 417 g/mol. The summed E-state index contributed by atoms with van der Waals surface area (Å²) < 4.78 is 56.6. The topological polar surface area (TPSA) is 0 Å². The van der Waals surface area contributed by atoms with Crippen LogP contribution in [0.25, 0.3) is 17.2 Å². The van der Waals surface area contributed by atoms with E-state index in [2.05, 4.69) is 6.92 Å². The Kier molecular flexibility index (Phi) is 6.31. The van der Waals surface area contributed by atoms with Gasteiger partial charge in [-0.25, -0.2) is 17.6 Å². The fourth-order valence-corrected chi connectivity index (χ4v) is 5.07. The van der Waals surface area contributed by atoms with E-state index in [0.29, 0.717) is 17.5 Å². The Morgan fingerprint density at radius 2 is 1.57 bits per heavy atom. The molecule has 2 aromatic carbocycles. The minimum Gasteiger partial charge on any atom is -0.206 e. The van der Waals surface area contributed by atoms with Crippen molar-refractivity contribution in [3.05, 3.63) is 64.2 Å². The molecule has 2 aromatic rings. The van der Waals surface area contributed by atoms with Crippen molar-refractivity contribution in [2.24, 2.45) is 11.8 Å². The van der Waals surface area contributed by atoms with E-state index in [9.17, 15) is 13.2 Å². The summed E-state index contributed by atoms with van der Waals surface area (Å²) in [5.74, 6) is -1.90. The van der Waals surface area contributed by atoms with Gasteiger partial charge in [-0.1, -0.05) is 56.7 Å². The monoisotopic (exact) mass is 416 g/mol. The van der Waals surface area contributed by atoms with Crippen LogP contribution in [0.1, 0.15) is 69.4 Å². The first-order chi connectivity index (χ1) is 14.5. The molecular weight excluding hydrogens is 388 g/mol. The molecule has 0 aromatic heterocycles. The lowest BCUT2D eigenvalue weighted by Gasteiger charge is -2.28. The average Bonchev–Trinajstić information content (AvgIpc) is 2.75. The Labute approximate surface area is 176 Å². The van der Waals surface area contributed by atoms with E-state index in [1.165, 1.54) is 49.8 Å². The Morgan fingerprint density at radius 1 is 0.833 bits per heavy atom. The molecule has 0 N–H and O–H groups in total. The predicted molar refractivity (Wildman–Crippen MR) is 113 cm³/mol. The van der Waals surface area contributed by atoms with Crippen molar-refractivity contribution in [2.45, 2.75) is 64.7 Å². The van der Waals surface area contributed by atoms with Gasteiger partial charge in [-0.3, -0.25) is 0 Å². The minimum atomic E-state index is -1.11. The number of rotatable bonds is 5. The van der Waals surface area contributed by atoms with E-state index in [4.69, 9.17) is 0 Å². The predicted octanol–water partition coefficient (Wildman–Crippen LogP) is 8.24. The highest BCUT2D eigenvalue weighted by Crippen LogP contribution is 2.38. The third-order valence-electron chi connectivity index (χ3n) is 7.04. The zero-order valence-electron chi connectivity index (χ0n) is 17.4. The van der Waals surface area contributed by atoms with Crippen LogP contribution in [0.3, 0.4) is 0 Å². The maximum Gasteiger partial charge on any atom is 0.159 e. The molecule has 2 aliphatic rings. The lowest BCUT2D eigenvalue weighted by atomic mass is 9.78. The smallest absolute Gasteiger partial charge is 0.159 e. The van der Waals surface area contributed by atoms with Gasteiger partial charge in [0.15, 0.2) is 11.6 Å². The summed E-state index contributed by atoms with van der Waals surface area (Å²) >= 11 is 0. The van der Waals surface area contributed by atoms with E-state index in [-0.39, 0.29) is 11.1 Å². The second-order valence-electron chi connectivity index (χ2n) is 8.88. The molecule has 1 fully saturated rings. The Balaban J connectivity index is 1.51. The van der Waals surface area contributed by atoms with Crippen molar-refractivity contribution in [3.63, 3.8) is 0 Å². The zero-order valence-corrected chi connectivity index (χ0v) is 17.4. The van der Waals surface area contributed by atoms with Gasteiger partial charge >= 0.3 is 0 Å². The molecule has 0 bridgehead atoms. The molecule has 4 rings (SSSR count). The van der Waals surface area contributed by atoms with Crippen molar-refractivity contribution >= 4 is 6.08 Å². The van der Waals surface area contributed by atoms with Gasteiger partial charge in [0.05, 0.1) is 5.56 Å². The van der Waals surface area contributed by atoms with Crippen molar-refractivity contribution in [2.75, 3.05) is 0 Å². The fourth-order valence-electron chi connectivity index (χ4n) is 5.07. The largest absolute Gasteiger partial charge is 0.206 e. The number of fused-ring (bicyclic) bond motifs is 1. The summed E-state index contributed by atoms with van der Waals surface area (Å²) in [6.45, 7) is 2.27. The molecule has 0 nitrogen and oxygen atoms in total. The van der Waals surface area contributed by atoms with Gasteiger partial charge < -0.3 is 0 Å². The number of halogens is 4. The summed E-state index contributed by atoms with van der Waals surface area (Å²) in [6, 6.07) is 4.29. The van der Waals surface area contributed by atoms with Crippen LogP contribution in [0.4, 0.5) is 17.6 Å². The van der Waals surface area contributed by atoms with Gasteiger partial charge in [-0.05, 0) is 72.4 Å². The van der Waals surface area contributed by atoms with Crippen LogP contribution in [0.2, 0.25) is 0 Å². The van der Waals surface area contributed by atoms with Crippen molar-refractivity contribution in [1.29, 1.82) is 0 Å². The standard InChI is InChI=1S/C26H28F4/c1-2-16-3-5-17(6-4-16)7-8-18-9-11-21-20(13-18)15-24(29)25(26(21)30)19-10-12-22(27)23(28)14-19/h10,12-17H,2-9,11H2,1H3. The van der Waals surface area contributed by atoms with Gasteiger partial charge in [-0.15, -0.1) is 0 Å². The molecule has 0 heterocycles. The lowest BCUT2D eigenvalue weighted by molar-refractivity contribution is 0.258. The Bertz CT molecular complexity index is 952. The second-order valence-corrected chi connectivity index (χ2v) is 8.88. The molecule has 0 aliphatic heterocycles. The highest BCUT2D eigenvalue weighted by molar-refractivity contribution is 5.71. The van der Waals surface area contributed by atoms with E-state index in [1.54, 1.807) is 0 Å². The Morgan fingerprint density at radius 3 is 2.27 bits per heavy atom. The summed E-state index contributed by atoms with van der Waals surface area (Å²) in [5.41, 5.74) is 2.02. The number of allylic oxidation sites excluding steroid dienone is 1. The van der Waals surface area contributed by atoms with Gasteiger partial charge in [0, 0.05) is 0 Å². The molecule has 0 unspecified atom stereocenters. The van der Waals surface area contributed by atoms with Crippen LogP contribution >= 0.6 is 0 Å². The maximum absolute atomic E-state index is 15.1. The van der Waals surface area contributed by atoms with E-state index in [0.717, 1.165) is 43.2 Å². The van der Waals surface area contributed by atoms with Crippen LogP contribution in [0.15, 0.2) is 29.8 Å². The first kappa shape index (κ1) is 21.1. The molecule has 2 aliphatic carbocycles.